The monoisotopic (exact) mass is 304 g/mol. The Morgan fingerprint density at radius 3 is 2.32 bits per heavy atom. The fourth-order valence-electron chi connectivity index (χ4n) is 4.94. The number of hydrogen-bond donors (Lipinski definition) is 0. The van der Waals surface area contributed by atoms with E-state index in [2.05, 4.69) is 13.8 Å². The summed E-state index contributed by atoms with van der Waals surface area (Å²) in [6.45, 7) is 8.39. The molecule has 2 saturated carbocycles. The van der Waals surface area contributed by atoms with Gasteiger partial charge in [-0.1, -0.05) is 31.8 Å². The van der Waals surface area contributed by atoms with Crippen molar-refractivity contribution in [2.45, 2.75) is 91.1 Å². The van der Waals surface area contributed by atoms with Gasteiger partial charge in [-0.15, -0.1) is 0 Å². The van der Waals surface area contributed by atoms with Crippen molar-refractivity contribution in [1.82, 2.24) is 0 Å². The largest absolute Gasteiger partial charge is 0.454 e. The average Bonchev–Trinajstić information content (AvgIpc) is 3.13. The van der Waals surface area contributed by atoms with Crippen LogP contribution in [0.25, 0.3) is 0 Å². The predicted octanol–water partition coefficient (Wildman–Crippen LogP) is 5.42. The molecule has 2 unspecified atom stereocenters. The molecule has 0 aromatic carbocycles. The van der Waals surface area contributed by atoms with Crippen molar-refractivity contribution in [1.29, 1.82) is 0 Å². The van der Waals surface area contributed by atoms with Crippen LogP contribution in [-0.4, -0.2) is 11.6 Å². The number of fused-ring (bicyclic) bond motifs is 1. The lowest BCUT2D eigenvalue weighted by Gasteiger charge is -2.36. The molecule has 2 nitrogen and oxygen atoms in total. The summed E-state index contributed by atoms with van der Waals surface area (Å²) in [6, 6.07) is 0. The SMILES string of the molecule is CCC(C)(C)C(=O)OC1(C2=C(C)CCC2)CC2CCCC2C1. The van der Waals surface area contributed by atoms with E-state index in [1.165, 1.54) is 43.3 Å². The van der Waals surface area contributed by atoms with Gasteiger partial charge >= 0.3 is 5.97 Å². The fraction of sp³-hybridized carbons (Fsp3) is 0.850. The van der Waals surface area contributed by atoms with E-state index in [1.54, 1.807) is 0 Å². The quantitative estimate of drug-likeness (QED) is 0.512. The maximum absolute atomic E-state index is 12.8. The van der Waals surface area contributed by atoms with Gasteiger partial charge in [-0.05, 0) is 76.7 Å². The lowest BCUT2D eigenvalue weighted by atomic mass is 9.85. The highest BCUT2D eigenvalue weighted by atomic mass is 16.6. The first-order valence-electron chi connectivity index (χ1n) is 9.30. The van der Waals surface area contributed by atoms with Crippen molar-refractivity contribution in [3.05, 3.63) is 11.1 Å². The van der Waals surface area contributed by atoms with E-state index in [9.17, 15) is 4.79 Å². The zero-order valence-electron chi connectivity index (χ0n) is 14.8. The van der Waals surface area contributed by atoms with E-state index in [1.807, 2.05) is 13.8 Å². The van der Waals surface area contributed by atoms with Crippen molar-refractivity contribution >= 4 is 5.97 Å². The van der Waals surface area contributed by atoms with E-state index in [4.69, 9.17) is 4.74 Å². The van der Waals surface area contributed by atoms with Gasteiger partial charge in [-0.3, -0.25) is 4.79 Å². The summed E-state index contributed by atoms with van der Waals surface area (Å²) in [5.74, 6) is 1.60. The Balaban J connectivity index is 1.88. The first-order valence-corrected chi connectivity index (χ1v) is 9.30. The minimum Gasteiger partial charge on any atom is -0.454 e. The van der Waals surface area contributed by atoms with Crippen molar-refractivity contribution < 1.29 is 9.53 Å². The summed E-state index contributed by atoms with van der Waals surface area (Å²) in [5, 5.41) is 0. The molecule has 2 heteroatoms. The first kappa shape index (κ1) is 16.1. The van der Waals surface area contributed by atoms with E-state index in [0.29, 0.717) is 0 Å². The highest BCUT2D eigenvalue weighted by Crippen LogP contribution is 2.56. The second kappa shape index (κ2) is 5.69. The van der Waals surface area contributed by atoms with E-state index in [0.717, 1.165) is 37.5 Å². The maximum Gasteiger partial charge on any atom is 0.312 e. The van der Waals surface area contributed by atoms with Crippen LogP contribution in [0.3, 0.4) is 0 Å². The van der Waals surface area contributed by atoms with Crippen molar-refractivity contribution in [3.63, 3.8) is 0 Å². The van der Waals surface area contributed by atoms with Crippen LogP contribution in [0.5, 0.6) is 0 Å². The Bertz CT molecular complexity index is 474. The molecule has 0 bridgehead atoms. The lowest BCUT2D eigenvalue weighted by Crippen LogP contribution is -2.40. The van der Waals surface area contributed by atoms with Crippen LogP contribution in [0.2, 0.25) is 0 Å². The smallest absolute Gasteiger partial charge is 0.312 e. The fourth-order valence-corrected chi connectivity index (χ4v) is 4.94. The summed E-state index contributed by atoms with van der Waals surface area (Å²) >= 11 is 0. The summed E-state index contributed by atoms with van der Waals surface area (Å²) < 4.78 is 6.35. The van der Waals surface area contributed by atoms with Crippen LogP contribution in [0, 0.1) is 17.3 Å². The van der Waals surface area contributed by atoms with Gasteiger partial charge < -0.3 is 4.74 Å². The predicted molar refractivity (Wildman–Crippen MR) is 89.5 cm³/mol. The van der Waals surface area contributed by atoms with E-state index in [-0.39, 0.29) is 17.0 Å². The minimum absolute atomic E-state index is 0.0159. The van der Waals surface area contributed by atoms with Gasteiger partial charge in [-0.2, -0.15) is 0 Å². The van der Waals surface area contributed by atoms with Crippen molar-refractivity contribution in [2.24, 2.45) is 17.3 Å². The number of allylic oxidation sites excluding steroid dienone is 1. The molecule has 0 radical (unpaired) electrons. The van der Waals surface area contributed by atoms with Crippen LogP contribution in [0.15, 0.2) is 11.1 Å². The molecule has 22 heavy (non-hydrogen) atoms. The molecule has 0 amide bonds. The van der Waals surface area contributed by atoms with Crippen LogP contribution >= 0.6 is 0 Å². The van der Waals surface area contributed by atoms with Gasteiger partial charge in [0.15, 0.2) is 0 Å². The van der Waals surface area contributed by atoms with E-state index < -0.39 is 0 Å². The van der Waals surface area contributed by atoms with Crippen molar-refractivity contribution in [3.8, 4) is 0 Å². The zero-order chi connectivity index (χ0) is 16.0. The van der Waals surface area contributed by atoms with Crippen LogP contribution in [0.1, 0.15) is 85.5 Å². The highest BCUT2D eigenvalue weighted by molar-refractivity contribution is 5.76. The van der Waals surface area contributed by atoms with Gasteiger partial charge in [0, 0.05) is 0 Å². The molecule has 2 atom stereocenters. The Labute approximate surface area is 135 Å². The third-order valence-electron chi connectivity index (χ3n) is 6.77. The minimum atomic E-state index is -0.363. The number of carbonyl (C=O) groups is 1. The number of hydrogen-bond acceptors (Lipinski definition) is 2. The number of rotatable bonds is 4. The topological polar surface area (TPSA) is 26.3 Å². The molecule has 3 aliphatic carbocycles. The van der Waals surface area contributed by atoms with Crippen molar-refractivity contribution in [2.75, 3.05) is 0 Å². The molecular weight excluding hydrogens is 272 g/mol. The summed E-state index contributed by atoms with van der Waals surface area (Å²) in [5.41, 5.74) is 2.38. The summed E-state index contributed by atoms with van der Waals surface area (Å²) in [7, 11) is 0. The van der Waals surface area contributed by atoms with Gasteiger partial charge in [-0.25, -0.2) is 0 Å². The second-order valence-electron chi connectivity index (χ2n) is 8.59. The summed E-state index contributed by atoms with van der Waals surface area (Å²) in [4.78, 5) is 12.8. The molecule has 2 fully saturated rings. The summed E-state index contributed by atoms with van der Waals surface area (Å²) in [6.07, 6.45) is 10.7. The molecule has 3 aliphatic rings. The van der Waals surface area contributed by atoms with Gasteiger partial charge in [0.1, 0.15) is 5.60 Å². The third-order valence-corrected chi connectivity index (χ3v) is 6.77. The molecule has 0 aromatic heterocycles. The normalized spacial score (nSPS) is 35.1. The number of esters is 1. The Hall–Kier alpha value is -0.790. The highest BCUT2D eigenvalue weighted by Gasteiger charge is 2.53. The van der Waals surface area contributed by atoms with E-state index >= 15 is 0 Å². The molecule has 0 spiro atoms. The Kier molecular flexibility index (Phi) is 4.16. The first-order chi connectivity index (χ1) is 10.4. The molecular formula is C20H32O2. The van der Waals surface area contributed by atoms with Gasteiger partial charge in [0.25, 0.3) is 0 Å². The van der Waals surface area contributed by atoms with Crippen LogP contribution < -0.4 is 0 Å². The van der Waals surface area contributed by atoms with Crippen LogP contribution in [0.4, 0.5) is 0 Å². The average molecular weight is 304 g/mol. The third kappa shape index (κ3) is 2.63. The molecule has 0 N–H and O–H groups in total. The second-order valence-corrected chi connectivity index (χ2v) is 8.59. The molecule has 3 rings (SSSR count). The number of carbonyl (C=O) groups excluding carboxylic acids is 1. The standard InChI is InChI=1S/C20H32O2/c1-5-19(3,4)18(21)22-20(17-11-6-8-14(17)2)12-15-9-7-10-16(15)13-20/h15-16H,5-13H2,1-4H3. The van der Waals surface area contributed by atoms with Gasteiger partial charge in [0.05, 0.1) is 5.41 Å². The van der Waals surface area contributed by atoms with Crippen LogP contribution in [-0.2, 0) is 9.53 Å². The lowest BCUT2D eigenvalue weighted by molar-refractivity contribution is -0.167. The zero-order valence-corrected chi connectivity index (χ0v) is 14.8. The number of ether oxygens (including phenoxy) is 1. The molecule has 0 aromatic rings. The maximum atomic E-state index is 12.8. The molecule has 0 saturated heterocycles. The molecule has 0 heterocycles. The Morgan fingerprint density at radius 1 is 1.18 bits per heavy atom. The molecule has 124 valence electrons. The Morgan fingerprint density at radius 2 is 1.82 bits per heavy atom. The molecule has 0 aliphatic heterocycles. The van der Waals surface area contributed by atoms with Gasteiger partial charge in [0.2, 0.25) is 0 Å².